The van der Waals surface area contributed by atoms with Crippen LogP contribution in [0.15, 0.2) is 0 Å². The van der Waals surface area contributed by atoms with Crippen LogP contribution in [0.5, 0.6) is 0 Å². The topological polar surface area (TPSA) is 91.7 Å². The van der Waals surface area contributed by atoms with Crippen molar-refractivity contribution >= 4 is 0 Å². The molecule has 38 valence electrons. The van der Waals surface area contributed by atoms with Gasteiger partial charge in [0.05, 0.1) is 0 Å². The minimum absolute atomic E-state index is 7.07. The average molecular weight is 178 g/mol. The molecule has 0 fully saturated rings. The molecule has 0 saturated carbocycles. The Labute approximate surface area is 33.9 Å². The third kappa shape index (κ3) is 525000. The number of hydrogen-bond donors (Lipinski definition) is 2. The fourth-order valence-corrected chi connectivity index (χ4v) is 0. The molecule has 0 heterocycles. The van der Waals surface area contributed by atoms with Crippen LogP contribution in [-0.2, 0) is 25.7 Å². The van der Waals surface area contributed by atoms with Gasteiger partial charge in [0.2, 0.25) is 0 Å². The van der Waals surface area contributed by atoms with Crippen molar-refractivity contribution in [1.29, 1.82) is 0 Å². The molecule has 5 nitrogen and oxygen atoms in total. The van der Waals surface area contributed by atoms with Crippen LogP contribution in [0, 0.1) is 0 Å². The first-order valence-corrected chi connectivity index (χ1v) is 5.12. The van der Waals surface area contributed by atoms with Gasteiger partial charge in [0, 0.05) is 0 Å². The monoisotopic (exact) mass is 180 g/mol. The average Bonchev–Trinajstić information content (AvgIpc) is 0.650. The van der Waals surface area contributed by atoms with E-state index in [4.69, 9.17) is 17.7 Å². The molecule has 0 bridgehead atoms. The van der Waals surface area contributed by atoms with Gasteiger partial charge in [-0.15, -0.1) is 0 Å². The summed E-state index contributed by atoms with van der Waals surface area (Å²) < 4.78 is 40.8. The van der Waals surface area contributed by atoms with Gasteiger partial charge in [0.15, 0.2) is 0 Å². The van der Waals surface area contributed by atoms with E-state index < -0.39 is 15.5 Å². The first-order chi connectivity index (χ1) is 2.24. The van der Waals surface area contributed by atoms with Gasteiger partial charge in [-0.1, -0.05) is 0 Å². The molecule has 6 heteroatoms. The Hall–Kier alpha value is 0.00831. The Morgan fingerprint density at radius 3 is 1.00 bits per heavy atom. The van der Waals surface area contributed by atoms with E-state index in [1.165, 1.54) is 0 Å². The molecule has 0 spiro atoms. The molecule has 0 saturated heterocycles. The molecule has 6 heavy (non-hydrogen) atoms. The second-order valence-electron chi connectivity index (χ2n) is 0.733. The maximum atomic E-state index is 8.87. The predicted octanol–water partition coefficient (Wildman–Crippen LogP) is -1.47. The molecule has 0 rings (SSSR count). The van der Waals surface area contributed by atoms with Crippen LogP contribution >= 0.6 is 0 Å². The summed E-state index contributed by atoms with van der Waals surface area (Å²) in [5, 5.41) is 0. The Morgan fingerprint density at radius 1 is 1.00 bits per heavy atom. The molecule has 0 unspecified atom stereocenters. The van der Waals surface area contributed by atoms with Crippen molar-refractivity contribution < 1.29 is 33.2 Å². The Bertz CT molecular complexity index is 182. The molecule has 0 aromatic carbocycles. The summed E-state index contributed by atoms with van der Waals surface area (Å²) in [6.45, 7) is 0. The summed E-state index contributed by atoms with van der Waals surface area (Å²) in [4.78, 5) is 0. The summed E-state index contributed by atoms with van der Waals surface area (Å²) in [6, 6.07) is 0. The Morgan fingerprint density at radius 2 is 1.00 bits per heavy atom. The maximum absolute atomic E-state index is 8.87. The normalized spacial score (nSPS) is 14.5. The van der Waals surface area contributed by atoms with Gasteiger partial charge in [-0.05, 0) is 0 Å². The number of rotatable bonds is 0. The van der Waals surface area contributed by atoms with Crippen molar-refractivity contribution in [3.63, 3.8) is 0 Å². The SMILES string of the molecule is [O]=[Mo](=[O])(=[O])([OH])[OH]. The molecule has 2 N–H and O–H groups in total. The van der Waals surface area contributed by atoms with Crippen LogP contribution in [-0.4, -0.2) is 7.52 Å². The fraction of sp³-hybridized carbons (Fsp3) is 0. The van der Waals surface area contributed by atoms with Crippen molar-refractivity contribution in [3.05, 3.63) is 0 Å². The Kier molecular flexibility index (Phi) is 0.804. The van der Waals surface area contributed by atoms with Crippen molar-refractivity contribution in [3.8, 4) is 0 Å². The van der Waals surface area contributed by atoms with Crippen molar-refractivity contribution in [2.45, 2.75) is 0 Å². The molecule has 0 aliphatic carbocycles. The molecule has 0 aromatic heterocycles. The van der Waals surface area contributed by atoms with E-state index in [9.17, 15) is 0 Å². The van der Waals surface area contributed by atoms with Crippen LogP contribution in [0.25, 0.3) is 0 Å². The molecule has 0 aliphatic rings. The van der Waals surface area contributed by atoms with Gasteiger partial charge in [0.1, 0.15) is 0 Å². The second-order valence-corrected chi connectivity index (χ2v) is 4.34. The zero-order chi connectivity index (χ0) is 5.45. The van der Waals surface area contributed by atoms with Gasteiger partial charge in [-0.2, -0.15) is 0 Å². The van der Waals surface area contributed by atoms with Crippen molar-refractivity contribution in [2.24, 2.45) is 0 Å². The van der Waals surface area contributed by atoms with Crippen LogP contribution in [0.4, 0.5) is 0 Å². The first-order valence-electron chi connectivity index (χ1n) is 0.865. The quantitative estimate of drug-likeness (QED) is 0.441. The van der Waals surface area contributed by atoms with E-state index in [2.05, 4.69) is 0 Å². The summed E-state index contributed by atoms with van der Waals surface area (Å²) >= 11 is -7.37. The second kappa shape index (κ2) is 0.803. The van der Waals surface area contributed by atoms with Crippen LogP contribution in [0.3, 0.4) is 0 Å². The van der Waals surface area contributed by atoms with Crippen molar-refractivity contribution in [2.75, 3.05) is 0 Å². The number of hydrogen-bond acceptors (Lipinski definition) is 3. The third-order valence-corrected chi connectivity index (χ3v) is 0. The van der Waals surface area contributed by atoms with Gasteiger partial charge in [0.25, 0.3) is 0 Å². The van der Waals surface area contributed by atoms with E-state index in [-0.39, 0.29) is 0 Å². The van der Waals surface area contributed by atoms with E-state index in [0.29, 0.717) is 0 Å². The van der Waals surface area contributed by atoms with Crippen LogP contribution in [0.1, 0.15) is 0 Å². The zero-order valence-corrected chi connectivity index (χ0v) is 4.53. The first kappa shape index (κ1) is 6.01. The van der Waals surface area contributed by atoms with E-state index in [1.807, 2.05) is 0 Å². The molecule has 0 atom stereocenters. The van der Waals surface area contributed by atoms with Crippen LogP contribution in [0.2, 0.25) is 0 Å². The fourth-order valence-electron chi connectivity index (χ4n) is 0. The zero-order valence-electron chi connectivity index (χ0n) is 2.53. The van der Waals surface area contributed by atoms with Crippen molar-refractivity contribution in [1.82, 2.24) is 0 Å². The third-order valence-electron chi connectivity index (χ3n) is 0. The molecular weight excluding hydrogens is 176 g/mol. The molecule has 0 aliphatic heterocycles. The van der Waals surface area contributed by atoms with Gasteiger partial charge >= 0.3 is 33.2 Å². The predicted molar refractivity (Wildman–Crippen MR) is 6.50 cm³/mol. The summed E-state index contributed by atoms with van der Waals surface area (Å²) in [6.07, 6.45) is 0. The van der Waals surface area contributed by atoms with Gasteiger partial charge in [-0.25, -0.2) is 0 Å². The molecule has 0 aromatic rings. The summed E-state index contributed by atoms with van der Waals surface area (Å²) in [7, 11) is 0. The Balaban J connectivity index is 5.37. The molecular formula is H2MoO5. The minimum atomic E-state index is -7.37. The van der Waals surface area contributed by atoms with E-state index in [1.54, 1.807) is 0 Å². The van der Waals surface area contributed by atoms with E-state index in [0.717, 1.165) is 0 Å². The molecule has 0 amide bonds. The molecule has 0 radical (unpaired) electrons. The van der Waals surface area contributed by atoms with Gasteiger partial charge < -0.3 is 0 Å². The van der Waals surface area contributed by atoms with Crippen LogP contribution < -0.4 is 0 Å². The summed E-state index contributed by atoms with van der Waals surface area (Å²) in [5.41, 5.74) is 0. The van der Waals surface area contributed by atoms with E-state index >= 15 is 0 Å². The summed E-state index contributed by atoms with van der Waals surface area (Å²) in [5.74, 6) is 0. The standard InChI is InChI=1S/Mo.2H2O.3O/h;2*1H2;;;/q+2;;;;;/p-2. The van der Waals surface area contributed by atoms with Gasteiger partial charge in [-0.3, -0.25) is 0 Å².